The smallest absolute Gasteiger partial charge is 0.335 e. The lowest BCUT2D eigenvalue weighted by molar-refractivity contribution is -0.165. The number of benzene rings is 1. The molecule has 0 bridgehead atoms. The first kappa shape index (κ1) is 21.3. The summed E-state index contributed by atoms with van der Waals surface area (Å²) in [4.78, 5) is 27.9. The van der Waals surface area contributed by atoms with Gasteiger partial charge in [0, 0.05) is 18.2 Å². The largest absolute Gasteiger partial charge is 0.508 e. The van der Waals surface area contributed by atoms with Gasteiger partial charge in [0.25, 0.3) is 6.47 Å². The fourth-order valence-electron chi connectivity index (χ4n) is 0.850. The Hall–Kier alpha value is -3.05. The van der Waals surface area contributed by atoms with E-state index in [4.69, 9.17) is 45.6 Å². The van der Waals surface area contributed by atoms with Gasteiger partial charge < -0.3 is 40.9 Å². The maximum Gasteiger partial charge on any atom is 0.335 e. The number of phenols is 3. The number of phenolic OH excluding ortho intramolecular Hbond substituents is 3. The van der Waals surface area contributed by atoms with E-state index in [2.05, 4.69) is 0 Å². The highest BCUT2D eigenvalue weighted by atomic mass is 16.4. The molecule has 2 atom stereocenters. The van der Waals surface area contributed by atoms with E-state index >= 15 is 0 Å². The summed E-state index contributed by atoms with van der Waals surface area (Å²) < 4.78 is 0. The molecule has 0 aliphatic heterocycles. The fourth-order valence-corrected chi connectivity index (χ4v) is 0.850. The average molecular weight is 322 g/mol. The SMILES string of the molecule is O=C(O)C(O)C(O)C(=O)O.O=CO.Oc1cc(O)cc(O)c1. The third-order valence-electron chi connectivity index (χ3n) is 1.69. The molecule has 1 aromatic carbocycles. The third kappa shape index (κ3) is 9.82. The van der Waals surface area contributed by atoms with Crippen molar-refractivity contribution in [3.8, 4) is 17.2 Å². The molecule has 0 radical (unpaired) electrons. The molecule has 11 nitrogen and oxygen atoms in total. The second kappa shape index (κ2) is 10.7. The molecule has 8 N–H and O–H groups in total. The Labute approximate surface area is 122 Å². The number of carbonyl (C=O) groups is 3. The number of aliphatic hydroxyl groups is 2. The normalized spacial score (nSPS) is 11.5. The van der Waals surface area contributed by atoms with E-state index in [1.807, 2.05) is 0 Å². The van der Waals surface area contributed by atoms with E-state index in [1.54, 1.807) is 0 Å². The van der Waals surface area contributed by atoms with Crippen molar-refractivity contribution in [1.82, 2.24) is 0 Å². The van der Waals surface area contributed by atoms with E-state index in [1.165, 1.54) is 0 Å². The predicted octanol–water partition coefficient (Wildman–Crippen LogP) is -1.62. The van der Waals surface area contributed by atoms with Crippen molar-refractivity contribution in [1.29, 1.82) is 0 Å². The van der Waals surface area contributed by atoms with Gasteiger partial charge in [0.2, 0.25) is 0 Å². The zero-order chi connectivity index (χ0) is 17.9. The van der Waals surface area contributed by atoms with Crippen LogP contribution in [0.1, 0.15) is 0 Å². The lowest BCUT2D eigenvalue weighted by Crippen LogP contribution is -2.39. The summed E-state index contributed by atoms with van der Waals surface area (Å²) in [5.74, 6) is -3.97. The van der Waals surface area contributed by atoms with Crippen LogP contribution >= 0.6 is 0 Å². The zero-order valence-electron chi connectivity index (χ0n) is 10.8. The van der Waals surface area contributed by atoms with E-state index in [0.29, 0.717) is 0 Å². The van der Waals surface area contributed by atoms with Crippen LogP contribution in [-0.4, -0.2) is 71.5 Å². The van der Waals surface area contributed by atoms with Crippen molar-refractivity contribution in [3.05, 3.63) is 18.2 Å². The standard InChI is InChI=1S/C6H6O3.C4H6O6.CH2O2/c7-4-1-5(8)3-6(9)2-4;5-1(3(7)8)2(6)4(9)10;2-1-3/h1-3,7-9H;1-2,5-6H,(H,7,8)(H,9,10);1H,(H,2,3). The van der Waals surface area contributed by atoms with E-state index < -0.39 is 24.1 Å². The number of hydrogen-bond acceptors (Lipinski definition) is 8. The lowest BCUT2D eigenvalue weighted by atomic mass is 10.2. The Bertz CT molecular complexity index is 430. The van der Waals surface area contributed by atoms with Crippen LogP contribution in [0.2, 0.25) is 0 Å². The van der Waals surface area contributed by atoms with Crippen molar-refractivity contribution < 1.29 is 55.2 Å². The second-order valence-corrected chi connectivity index (χ2v) is 3.38. The molecule has 22 heavy (non-hydrogen) atoms. The number of aliphatic hydroxyl groups excluding tert-OH is 2. The summed E-state index contributed by atoms with van der Waals surface area (Å²) in [5, 5.41) is 65.4. The molecule has 0 aromatic heterocycles. The van der Waals surface area contributed by atoms with Crippen LogP contribution < -0.4 is 0 Å². The molecule has 0 saturated carbocycles. The summed E-state index contributed by atoms with van der Waals surface area (Å²) in [5.41, 5.74) is 0. The van der Waals surface area contributed by atoms with Gasteiger partial charge in [-0.15, -0.1) is 0 Å². The quantitative estimate of drug-likeness (QED) is 0.296. The summed E-state index contributed by atoms with van der Waals surface area (Å²) in [6, 6.07) is 3.42. The topological polar surface area (TPSA) is 213 Å². The minimum absolute atomic E-state index is 0.146. The molecule has 1 rings (SSSR count). The van der Waals surface area contributed by atoms with Crippen molar-refractivity contribution in [2.24, 2.45) is 0 Å². The van der Waals surface area contributed by atoms with E-state index in [9.17, 15) is 9.59 Å². The number of rotatable bonds is 3. The molecular formula is C11H14O11. The predicted molar refractivity (Wildman–Crippen MR) is 67.4 cm³/mol. The van der Waals surface area contributed by atoms with Gasteiger partial charge in [0.1, 0.15) is 17.2 Å². The van der Waals surface area contributed by atoms with E-state index in [-0.39, 0.29) is 23.7 Å². The van der Waals surface area contributed by atoms with Crippen molar-refractivity contribution in [2.45, 2.75) is 12.2 Å². The summed E-state index contributed by atoms with van der Waals surface area (Å²) in [6.07, 6.45) is -4.53. The molecule has 0 saturated heterocycles. The van der Waals surface area contributed by atoms with Crippen molar-refractivity contribution >= 4 is 18.4 Å². The highest BCUT2D eigenvalue weighted by Crippen LogP contribution is 2.23. The Kier molecular flexibility index (Phi) is 10.3. The lowest BCUT2D eigenvalue weighted by Gasteiger charge is -2.07. The molecule has 0 aliphatic carbocycles. The van der Waals surface area contributed by atoms with Crippen LogP contribution in [0.3, 0.4) is 0 Å². The Morgan fingerprint density at radius 2 is 1.00 bits per heavy atom. The van der Waals surface area contributed by atoms with Gasteiger partial charge in [-0.2, -0.15) is 0 Å². The highest BCUT2D eigenvalue weighted by Gasteiger charge is 2.29. The highest BCUT2D eigenvalue weighted by molar-refractivity contribution is 5.83. The zero-order valence-corrected chi connectivity index (χ0v) is 10.8. The molecule has 1 aromatic rings. The van der Waals surface area contributed by atoms with Gasteiger partial charge in [-0.05, 0) is 0 Å². The molecule has 11 heteroatoms. The molecule has 2 unspecified atom stereocenters. The van der Waals surface area contributed by atoms with Gasteiger partial charge in [-0.1, -0.05) is 0 Å². The average Bonchev–Trinajstić information content (AvgIpc) is 2.36. The number of aromatic hydroxyl groups is 3. The fraction of sp³-hybridized carbons (Fsp3) is 0.182. The maximum atomic E-state index is 9.77. The number of hydrogen-bond donors (Lipinski definition) is 8. The monoisotopic (exact) mass is 322 g/mol. The summed E-state index contributed by atoms with van der Waals surface area (Å²) in [7, 11) is 0. The van der Waals surface area contributed by atoms with Crippen molar-refractivity contribution in [3.63, 3.8) is 0 Å². The van der Waals surface area contributed by atoms with Crippen LogP contribution in [0.15, 0.2) is 18.2 Å². The van der Waals surface area contributed by atoms with Gasteiger partial charge in [-0.3, -0.25) is 4.79 Å². The molecule has 124 valence electrons. The third-order valence-corrected chi connectivity index (χ3v) is 1.69. The molecule has 0 fully saturated rings. The molecule has 0 spiro atoms. The van der Waals surface area contributed by atoms with E-state index in [0.717, 1.165) is 18.2 Å². The number of aliphatic carboxylic acids is 2. The Morgan fingerprint density at radius 3 is 1.14 bits per heavy atom. The van der Waals surface area contributed by atoms with Crippen LogP contribution in [0.25, 0.3) is 0 Å². The van der Waals surface area contributed by atoms with Gasteiger partial charge in [0.15, 0.2) is 12.2 Å². The van der Waals surface area contributed by atoms with Gasteiger partial charge >= 0.3 is 11.9 Å². The first-order valence-electron chi connectivity index (χ1n) is 5.18. The maximum absolute atomic E-state index is 9.77. The number of carboxylic acids is 2. The van der Waals surface area contributed by atoms with Gasteiger partial charge in [0.05, 0.1) is 0 Å². The summed E-state index contributed by atoms with van der Waals surface area (Å²) >= 11 is 0. The molecule has 0 heterocycles. The van der Waals surface area contributed by atoms with Gasteiger partial charge in [-0.25, -0.2) is 9.59 Å². The minimum Gasteiger partial charge on any atom is -0.508 e. The molecule has 0 aliphatic rings. The van der Waals surface area contributed by atoms with Crippen LogP contribution in [0.4, 0.5) is 0 Å². The first-order valence-corrected chi connectivity index (χ1v) is 5.18. The van der Waals surface area contributed by atoms with Crippen LogP contribution in [0, 0.1) is 0 Å². The molecule has 0 amide bonds. The van der Waals surface area contributed by atoms with Crippen LogP contribution in [0.5, 0.6) is 17.2 Å². The van der Waals surface area contributed by atoms with Crippen molar-refractivity contribution in [2.75, 3.05) is 0 Å². The number of carboxylic acid groups (broad SMARTS) is 3. The minimum atomic E-state index is -2.27. The first-order chi connectivity index (χ1) is 10.1. The second-order valence-electron chi connectivity index (χ2n) is 3.38. The molecular weight excluding hydrogens is 308 g/mol. The summed E-state index contributed by atoms with van der Waals surface area (Å²) in [6.45, 7) is -0.250. The van der Waals surface area contributed by atoms with Crippen LogP contribution in [-0.2, 0) is 14.4 Å². The Balaban J connectivity index is 0. The Morgan fingerprint density at radius 1 is 0.818 bits per heavy atom.